The fraction of sp³-hybridized carbons (Fsp3) is 0.120. The van der Waals surface area contributed by atoms with Gasteiger partial charge in [0.25, 0.3) is 15.9 Å². The Bertz CT molecular complexity index is 1310. The second-order valence-electron chi connectivity index (χ2n) is 7.30. The van der Waals surface area contributed by atoms with E-state index < -0.39 is 28.4 Å². The van der Waals surface area contributed by atoms with E-state index in [1.807, 2.05) is 0 Å². The molecule has 176 valence electrons. The average molecular weight is 498 g/mol. The number of rotatable bonds is 9. The summed E-state index contributed by atoms with van der Waals surface area (Å²) in [6.45, 7) is 4.98. The third-order valence-electron chi connectivity index (χ3n) is 4.98. The van der Waals surface area contributed by atoms with E-state index in [9.17, 15) is 18.0 Å². The first-order valence-corrected chi connectivity index (χ1v) is 12.2. The smallest absolute Gasteiger partial charge is 0.264 e. The van der Waals surface area contributed by atoms with Crippen molar-refractivity contribution in [1.82, 2.24) is 5.32 Å². The molecule has 0 aliphatic rings. The van der Waals surface area contributed by atoms with Gasteiger partial charge in [-0.3, -0.25) is 13.9 Å². The van der Waals surface area contributed by atoms with Crippen molar-refractivity contribution >= 4 is 44.8 Å². The Hall–Kier alpha value is -3.62. The molecule has 0 aromatic heterocycles. The molecule has 0 saturated heterocycles. The van der Waals surface area contributed by atoms with E-state index >= 15 is 0 Å². The maximum atomic E-state index is 13.5. The Morgan fingerprint density at radius 1 is 1.00 bits per heavy atom. The summed E-state index contributed by atoms with van der Waals surface area (Å²) in [7, 11) is -4.10. The van der Waals surface area contributed by atoms with Gasteiger partial charge in [0.2, 0.25) is 5.91 Å². The Labute approximate surface area is 204 Å². The molecular formula is C25H24ClN3O4S. The number of hydrogen-bond acceptors (Lipinski definition) is 4. The van der Waals surface area contributed by atoms with Gasteiger partial charge in [0.05, 0.1) is 21.8 Å². The van der Waals surface area contributed by atoms with Gasteiger partial charge >= 0.3 is 0 Å². The van der Waals surface area contributed by atoms with Gasteiger partial charge < -0.3 is 10.6 Å². The molecule has 9 heteroatoms. The van der Waals surface area contributed by atoms with E-state index in [0.29, 0.717) is 10.6 Å². The normalized spacial score (nSPS) is 10.9. The molecular weight excluding hydrogens is 474 g/mol. The van der Waals surface area contributed by atoms with Crippen molar-refractivity contribution in [3.8, 4) is 0 Å². The first-order valence-electron chi connectivity index (χ1n) is 10.4. The summed E-state index contributed by atoms with van der Waals surface area (Å²) in [5.74, 6) is -1.02. The number of halogens is 1. The molecule has 0 bridgehead atoms. The summed E-state index contributed by atoms with van der Waals surface area (Å²) in [5, 5.41) is 5.69. The first-order chi connectivity index (χ1) is 16.3. The zero-order valence-corrected chi connectivity index (χ0v) is 20.1. The highest BCUT2D eigenvalue weighted by Gasteiger charge is 2.29. The van der Waals surface area contributed by atoms with Crippen LogP contribution in [0.2, 0.25) is 5.02 Å². The maximum absolute atomic E-state index is 13.5. The molecule has 0 spiro atoms. The number of sulfonamides is 1. The molecule has 3 aromatic carbocycles. The second kappa shape index (κ2) is 11.0. The Morgan fingerprint density at radius 2 is 1.68 bits per heavy atom. The van der Waals surface area contributed by atoms with Gasteiger partial charge in [-0.2, -0.15) is 0 Å². The third-order valence-corrected chi connectivity index (χ3v) is 7.16. The molecule has 0 aliphatic carbocycles. The minimum Gasteiger partial charge on any atom is -0.349 e. The number of benzene rings is 3. The summed E-state index contributed by atoms with van der Waals surface area (Å²) >= 11 is 6.24. The lowest BCUT2D eigenvalue weighted by atomic mass is 10.1. The van der Waals surface area contributed by atoms with Gasteiger partial charge in [-0.05, 0) is 48.9 Å². The third kappa shape index (κ3) is 5.65. The highest BCUT2D eigenvalue weighted by molar-refractivity contribution is 7.92. The van der Waals surface area contributed by atoms with Gasteiger partial charge in [-0.25, -0.2) is 8.42 Å². The molecule has 0 unspecified atom stereocenters. The monoisotopic (exact) mass is 497 g/mol. The average Bonchev–Trinajstić information content (AvgIpc) is 2.84. The van der Waals surface area contributed by atoms with Crippen LogP contribution in [0.15, 0.2) is 90.3 Å². The van der Waals surface area contributed by atoms with E-state index in [4.69, 9.17) is 11.6 Å². The predicted octanol–water partition coefficient (Wildman–Crippen LogP) is 4.40. The number of anilines is 2. The summed E-state index contributed by atoms with van der Waals surface area (Å²) in [4.78, 5) is 25.5. The lowest BCUT2D eigenvalue weighted by molar-refractivity contribution is -0.114. The van der Waals surface area contributed by atoms with Gasteiger partial charge in [0, 0.05) is 11.6 Å². The molecule has 34 heavy (non-hydrogen) atoms. The minimum absolute atomic E-state index is 0.0337. The quantitative estimate of drug-likeness (QED) is 0.428. The molecule has 0 aliphatic heterocycles. The topological polar surface area (TPSA) is 95.6 Å². The molecule has 0 atom stereocenters. The molecule has 0 fully saturated rings. The van der Waals surface area contributed by atoms with Crippen LogP contribution in [0.5, 0.6) is 0 Å². The predicted molar refractivity (Wildman–Crippen MR) is 135 cm³/mol. The van der Waals surface area contributed by atoms with E-state index in [-0.39, 0.29) is 28.4 Å². The van der Waals surface area contributed by atoms with E-state index in [2.05, 4.69) is 17.2 Å². The maximum Gasteiger partial charge on any atom is 0.264 e. The molecule has 0 radical (unpaired) electrons. The van der Waals surface area contributed by atoms with Gasteiger partial charge in [0.15, 0.2) is 0 Å². The number of para-hydroxylation sites is 1. The number of nitrogens with zero attached hydrogens (tertiary/aromatic N) is 1. The summed E-state index contributed by atoms with van der Waals surface area (Å²) in [6.07, 6.45) is 1.54. The van der Waals surface area contributed by atoms with Gasteiger partial charge in [-0.1, -0.05) is 54.1 Å². The van der Waals surface area contributed by atoms with Crippen LogP contribution in [0, 0.1) is 6.92 Å². The molecule has 3 aromatic rings. The van der Waals surface area contributed by atoms with Crippen LogP contribution >= 0.6 is 11.6 Å². The highest BCUT2D eigenvalue weighted by Crippen LogP contribution is 2.31. The summed E-state index contributed by atoms with van der Waals surface area (Å²) < 4.78 is 28.0. The van der Waals surface area contributed by atoms with Crippen LogP contribution < -0.4 is 14.9 Å². The standard InChI is InChI=1S/C25H24ClN3O4S/c1-3-16-27-25(31)20-12-7-8-14-22(20)28-24(30)17-29(23-15-9-13-21(26)18(23)2)34(32,33)19-10-5-4-6-11-19/h3-15H,1,16-17H2,2H3,(H,27,31)(H,28,30). The van der Waals surface area contributed by atoms with Crippen molar-refractivity contribution < 1.29 is 18.0 Å². The Morgan fingerprint density at radius 3 is 2.38 bits per heavy atom. The summed E-state index contributed by atoms with van der Waals surface area (Å²) in [5.41, 5.74) is 1.30. The van der Waals surface area contributed by atoms with Crippen LogP contribution in [0.1, 0.15) is 15.9 Å². The first kappa shape index (κ1) is 25.0. The van der Waals surface area contributed by atoms with Crippen LogP contribution in [0.4, 0.5) is 11.4 Å². The van der Waals surface area contributed by atoms with Crippen LogP contribution in [-0.2, 0) is 14.8 Å². The zero-order valence-electron chi connectivity index (χ0n) is 18.5. The number of carbonyl (C=O) groups is 2. The van der Waals surface area contributed by atoms with E-state index in [1.54, 1.807) is 73.7 Å². The Balaban J connectivity index is 1.96. The minimum atomic E-state index is -4.10. The van der Waals surface area contributed by atoms with Crippen LogP contribution in [-0.4, -0.2) is 33.3 Å². The van der Waals surface area contributed by atoms with Crippen LogP contribution in [0.3, 0.4) is 0 Å². The van der Waals surface area contributed by atoms with Gasteiger partial charge in [-0.15, -0.1) is 6.58 Å². The number of hydrogen-bond donors (Lipinski definition) is 2. The van der Waals surface area contributed by atoms with Crippen LogP contribution in [0.25, 0.3) is 0 Å². The number of amides is 2. The summed E-state index contributed by atoms with van der Waals surface area (Å²) in [6, 6.07) is 19.2. The zero-order chi connectivity index (χ0) is 24.7. The lowest BCUT2D eigenvalue weighted by Crippen LogP contribution is -2.39. The van der Waals surface area contributed by atoms with Crippen molar-refractivity contribution in [2.24, 2.45) is 0 Å². The molecule has 7 nitrogen and oxygen atoms in total. The van der Waals surface area contributed by atoms with Crippen molar-refractivity contribution in [2.75, 3.05) is 22.7 Å². The van der Waals surface area contributed by atoms with Crippen molar-refractivity contribution in [3.63, 3.8) is 0 Å². The number of carbonyl (C=O) groups excluding carboxylic acids is 2. The van der Waals surface area contributed by atoms with Gasteiger partial charge in [0.1, 0.15) is 6.54 Å². The van der Waals surface area contributed by atoms with E-state index in [1.165, 1.54) is 12.1 Å². The van der Waals surface area contributed by atoms with E-state index in [0.717, 1.165) is 4.31 Å². The largest absolute Gasteiger partial charge is 0.349 e. The lowest BCUT2D eigenvalue weighted by Gasteiger charge is -2.26. The SMILES string of the molecule is C=CCNC(=O)c1ccccc1NC(=O)CN(c1cccc(Cl)c1C)S(=O)(=O)c1ccccc1. The fourth-order valence-corrected chi connectivity index (χ4v) is 4.93. The van der Waals surface area contributed by atoms with Crippen molar-refractivity contribution in [2.45, 2.75) is 11.8 Å². The van der Waals surface area contributed by atoms with Crippen molar-refractivity contribution in [1.29, 1.82) is 0 Å². The molecule has 0 saturated carbocycles. The Kier molecular flexibility index (Phi) is 8.09. The number of nitrogens with one attached hydrogen (secondary N) is 2. The highest BCUT2D eigenvalue weighted by atomic mass is 35.5. The second-order valence-corrected chi connectivity index (χ2v) is 9.57. The molecule has 2 amide bonds. The van der Waals surface area contributed by atoms with Crippen molar-refractivity contribution in [3.05, 3.63) is 102 Å². The molecule has 2 N–H and O–H groups in total. The fourth-order valence-electron chi connectivity index (χ4n) is 3.26. The molecule has 3 rings (SSSR count). The molecule has 0 heterocycles.